The number of nitrogens with one attached hydrogen (secondary N) is 1. The normalized spacial score (nSPS) is 18.1. The van der Waals surface area contributed by atoms with Crippen LogP contribution in [0.4, 0.5) is 5.82 Å². The quantitative estimate of drug-likeness (QED) is 0.915. The Bertz CT molecular complexity index is 602. The number of hydrogen-bond acceptors (Lipinski definition) is 4. The maximum Gasteiger partial charge on any atom is 0.133 e. The lowest BCUT2D eigenvalue weighted by atomic mass is 10.2. The minimum atomic E-state index is 0.725. The van der Waals surface area contributed by atoms with E-state index >= 15 is 0 Å². The number of fused-ring (bicyclic) bond motifs is 1. The standard InChI is InChI=1S/C15H19N5/c1-2-12(10-18-13-3-4-13)15(17-5-1)20-9-8-19-7-6-16-14(19)11-20/h1-2,5-7,13,18H,3-4,8-11H2. The number of pyridine rings is 1. The molecular formula is C15H19N5. The second-order valence-electron chi connectivity index (χ2n) is 5.60. The molecule has 0 spiro atoms. The summed E-state index contributed by atoms with van der Waals surface area (Å²) in [6, 6.07) is 4.93. The average molecular weight is 269 g/mol. The molecule has 0 bridgehead atoms. The fourth-order valence-corrected chi connectivity index (χ4v) is 2.75. The Morgan fingerprint density at radius 1 is 1.20 bits per heavy atom. The number of anilines is 1. The lowest BCUT2D eigenvalue weighted by molar-refractivity contribution is 0.553. The van der Waals surface area contributed by atoms with Crippen LogP contribution in [0.1, 0.15) is 24.2 Å². The third kappa shape index (κ3) is 2.29. The van der Waals surface area contributed by atoms with Crippen LogP contribution in [0.25, 0.3) is 0 Å². The zero-order valence-corrected chi connectivity index (χ0v) is 11.5. The van der Waals surface area contributed by atoms with Crippen molar-refractivity contribution in [1.82, 2.24) is 19.9 Å². The molecule has 1 saturated carbocycles. The molecule has 1 fully saturated rings. The topological polar surface area (TPSA) is 46.0 Å². The van der Waals surface area contributed by atoms with Gasteiger partial charge in [0.1, 0.15) is 11.6 Å². The van der Waals surface area contributed by atoms with Crippen molar-refractivity contribution >= 4 is 5.82 Å². The lowest BCUT2D eigenvalue weighted by Crippen LogP contribution is -2.35. The summed E-state index contributed by atoms with van der Waals surface area (Å²) in [4.78, 5) is 11.4. The average Bonchev–Trinajstić information content (AvgIpc) is 3.20. The van der Waals surface area contributed by atoms with E-state index in [0.29, 0.717) is 0 Å². The third-order valence-electron chi connectivity index (χ3n) is 4.07. The van der Waals surface area contributed by atoms with Crippen LogP contribution < -0.4 is 10.2 Å². The Labute approximate surface area is 118 Å². The zero-order valence-electron chi connectivity index (χ0n) is 11.5. The summed E-state index contributed by atoms with van der Waals surface area (Å²) in [6.45, 7) is 3.75. The maximum atomic E-state index is 4.61. The number of nitrogens with zero attached hydrogens (tertiary/aromatic N) is 4. The molecule has 0 aromatic carbocycles. The van der Waals surface area contributed by atoms with Gasteiger partial charge in [-0.3, -0.25) is 0 Å². The molecule has 5 nitrogen and oxygen atoms in total. The molecule has 5 heteroatoms. The highest BCUT2D eigenvalue weighted by atomic mass is 15.3. The van der Waals surface area contributed by atoms with Crippen molar-refractivity contribution in [3.63, 3.8) is 0 Å². The molecule has 0 amide bonds. The van der Waals surface area contributed by atoms with E-state index in [2.05, 4.69) is 37.0 Å². The monoisotopic (exact) mass is 269 g/mol. The molecule has 0 atom stereocenters. The van der Waals surface area contributed by atoms with Crippen molar-refractivity contribution in [1.29, 1.82) is 0 Å². The van der Waals surface area contributed by atoms with E-state index in [1.54, 1.807) is 0 Å². The molecule has 2 aromatic rings. The fraction of sp³-hybridized carbons (Fsp3) is 0.467. The highest BCUT2D eigenvalue weighted by molar-refractivity contribution is 5.47. The van der Waals surface area contributed by atoms with E-state index in [4.69, 9.17) is 0 Å². The van der Waals surface area contributed by atoms with E-state index in [9.17, 15) is 0 Å². The van der Waals surface area contributed by atoms with Crippen LogP contribution in [0.5, 0.6) is 0 Å². The van der Waals surface area contributed by atoms with E-state index in [-0.39, 0.29) is 0 Å². The van der Waals surface area contributed by atoms with Crippen molar-refractivity contribution in [2.45, 2.75) is 38.5 Å². The van der Waals surface area contributed by atoms with Crippen LogP contribution >= 0.6 is 0 Å². The van der Waals surface area contributed by atoms with Crippen LogP contribution in [-0.4, -0.2) is 27.1 Å². The molecule has 0 unspecified atom stereocenters. The molecule has 3 heterocycles. The van der Waals surface area contributed by atoms with E-state index < -0.39 is 0 Å². The second kappa shape index (κ2) is 4.90. The van der Waals surface area contributed by atoms with E-state index in [1.807, 2.05) is 18.5 Å². The number of rotatable bonds is 4. The van der Waals surface area contributed by atoms with Gasteiger partial charge in [-0.15, -0.1) is 0 Å². The molecule has 104 valence electrons. The van der Waals surface area contributed by atoms with Crippen molar-refractivity contribution < 1.29 is 0 Å². The van der Waals surface area contributed by atoms with E-state index in [1.165, 1.54) is 18.4 Å². The summed E-state index contributed by atoms with van der Waals surface area (Å²) < 4.78 is 2.22. The smallest absolute Gasteiger partial charge is 0.133 e. The molecule has 20 heavy (non-hydrogen) atoms. The Morgan fingerprint density at radius 3 is 3.05 bits per heavy atom. The van der Waals surface area contributed by atoms with Gasteiger partial charge in [-0.1, -0.05) is 6.07 Å². The highest BCUT2D eigenvalue weighted by Gasteiger charge is 2.23. The SMILES string of the molecule is c1cnc(N2CCn3ccnc3C2)c(CNC2CC2)c1. The van der Waals surface area contributed by atoms with Crippen LogP contribution in [0.3, 0.4) is 0 Å². The Kier molecular flexibility index (Phi) is 2.92. The van der Waals surface area contributed by atoms with Gasteiger partial charge < -0.3 is 14.8 Å². The number of imidazole rings is 1. The summed E-state index contributed by atoms with van der Waals surface area (Å²) in [5, 5.41) is 3.58. The largest absolute Gasteiger partial charge is 0.347 e. The van der Waals surface area contributed by atoms with Crippen molar-refractivity contribution in [2.75, 3.05) is 11.4 Å². The molecule has 1 N–H and O–H groups in total. The highest BCUT2D eigenvalue weighted by Crippen LogP contribution is 2.24. The minimum absolute atomic E-state index is 0.725. The van der Waals surface area contributed by atoms with Crippen LogP contribution in [0.2, 0.25) is 0 Å². The van der Waals surface area contributed by atoms with Crippen LogP contribution in [-0.2, 0) is 19.6 Å². The molecule has 2 aromatic heterocycles. The molecule has 1 aliphatic carbocycles. The Hall–Kier alpha value is -1.88. The number of hydrogen-bond donors (Lipinski definition) is 1. The van der Waals surface area contributed by atoms with Crippen LogP contribution in [0, 0.1) is 0 Å². The van der Waals surface area contributed by atoms with Gasteiger partial charge in [0, 0.05) is 49.8 Å². The van der Waals surface area contributed by atoms with Gasteiger partial charge in [0.15, 0.2) is 0 Å². The lowest BCUT2D eigenvalue weighted by Gasteiger charge is -2.30. The molecule has 2 aliphatic rings. The fourth-order valence-electron chi connectivity index (χ4n) is 2.75. The summed E-state index contributed by atoms with van der Waals surface area (Å²) in [7, 11) is 0. The number of aromatic nitrogens is 3. The second-order valence-corrected chi connectivity index (χ2v) is 5.60. The van der Waals surface area contributed by atoms with Gasteiger partial charge >= 0.3 is 0 Å². The predicted octanol–water partition coefficient (Wildman–Crippen LogP) is 1.55. The molecule has 4 rings (SSSR count). The Balaban J connectivity index is 1.55. The first-order valence-electron chi connectivity index (χ1n) is 7.32. The first-order valence-corrected chi connectivity index (χ1v) is 7.32. The van der Waals surface area contributed by atoms with Crippen LogP contribution in [0.15, 0.2) is 30.7 Å². The first kappa shape index (κ1) is 11.9. The minimum Gasteiger partial charge on any atom is -0.347 e. The van der Waals surface area contributed by atoms with Gasteiger partial charge in [-0.25, -0.2) is 9.97 Å². The summed E-state index contributed by atoms with van der Waals surface area (Å²) in [5.74, 6) is 2.23. The van der Waals surface area contributed by atoms with Gasteiger partial charge in [0.25, 0.3) is 0 Å². The van der Waals surface area contributed by atoms with Crippen molar-refractivity contribution in [3.8, 4) is 0 Å². The van der Waals surface area contributed by atoms with Crippen molar-refractivity contribution in [3.05, 3.63) is 42.1 Å². The maximum absolute atomic E-state index is 4.61. The summed E-state index contributed by atoms with van der Waals surface area (Å²) in [5.41, 5.74) is 1.29. The van der Waals surface area contributed by atoms with Crippen molar-refractivity contribution in [2.24, 2.45) is 0 Å². The molecule has 0 radical (unpaired) electrons. The summed E-state index contributed by atoms with van der Waals surface area (Å²) in [6.07, 6.45) is 8.46. The van der Waals surface area contributed by atoms with Gasteiger partial charge in [0.2, 0.25) is 0 Å². The van der Waals surface area contributed by atoms with Gasteiger partial charge in [-0.2, -0.15) is 0 Å². The zero-order chi connectivity index (χ0) is 13.4. The van der Waals surface area contributed by atoms with E-state index in [0.717, 1.165) is 43.9 Å². The predicted molar refractivity (Wildman–Crippen MR) is 77.4 cm³/mol. The Morgan fingerprint density at radius 2 is 2.15 bits per heavy atom. The van der Waals surface area contributed by atoms with Gasteiger partial charge in [0.05, 0.1) is 6.54 Å². The summed E-state index contributed by atoms with van der Waals surface area (Å²) >= 11 is 0. The first-order chi connectivity index (χ1) is 9.90. The van der Waals surface area contributed by atoms with Gasteiger partial charge in [-0.05, 0) is 18.9 Å². The molecule has 1 aliphatic heterocycles. The third-order valence-corrected chi connectivity index (χ3v) is 4.07. The molecule has 0 saturated heterocycles. The molecular weight excluding hydrogens is 250 g/mol.